The van der Waals surface area contributed by atoms with Gasteiger partial charge >= 0.3 is 0 Å². The Hall–Kier alpha value is -0.760. The van der Waals surface area contributed by atoms with Gasteiger partial charge in [0.25, 0.3) is 5.91 Å². The largest absolute Gasteiger partial charge is 0.320 e. The molecule has 0 bridgehead atoms. The highest BCUT2D eigenvalue weighted by atomic mass is 32.2. The number of rotatable bonds is 4. The topological polar surface area (TPSA) is 98.5 Å². The fourth-order valence-electron chi connectivity index (χ4n) is 1.28. The van der Waals surface area contributed by atoms with Crippen LogP contribution in [0, 0.1) is 5.92 Å². The molecule has 0 spiro atoms. The van der Waals surface area contributed by atoms with E-state index in [0.29, 0.717) is 10.6 Å². The van der Waals surface area contributed by atoms with Gasteiger partial charge in [0.05, 0.1) is 6.04 Å². The molecule has 0 radical (unpaired) electrons. The Morgan fingerprint density at radius 2 is 2.24 bits per heavy atom. The average Bonchev–Trinajstić information content (AvgIpc) is 2.68. The molecule has 4 N–H and O–H groups in total. The number of carbonyl (C=O) groups is 1. The molecule has 0 saturated carbocycles. The van der Waals surface area contributed by atoms with E-state index in [2.05, 4.69) is 4.36 Å². The van der Waals surface area contributed by atoms with Gasteiger partial charge in [0.2, 0.25) is 0 Å². The molecular formula is C10H17N3O2S2. The van der Waals surface area contributed by atoms with Gasteiger partial charge in [-0.1, -0.05) is 19.9 Å². The number of carbonyl (C=O) groups excluding carboxylic acids is 1. The van der Waals surface area contributed by atoms with Crippen molar-refractivity contribution < 1.29 is 9.00 Å². The van der Waals surface area contributed by atoms with Crippen LogP contribution in [0.5, 0.6) is 0 Å². The molecular weight excluding hydrogens is 258 g/mol. The zero-order valence-electron chi connectivity index (χ0n) is 9.83. The molecule has 1 amide bonds. The maximum absolute atomic E-state index is 12.0. The monoisotopic (exact) mass is 275 g/mol. The maximum Gasteiger partial charge on any atom is 0.271 e. The normalized spacial score (nSPS) is 16.5. The lowest BCUT2D eigenvalue weighted by Gasteiger charge is -2.10. The molecule has 17 heavy (non-hydrogen) atoms. The number of thiophene rings is 1. The highest BCUT2D eigenvalue weighted by molar-refractivity contribution is 7.93. The van der Waals surface area contributed by atoms with Crippen LogP contribution in [-0.4, -0.2) is 16.2 Å². The molecule has 1 aromatic rings. The van der Waals surface area contributed by atoms with Crippen LogP contribution in [0.3, 0.4) is 0 Å². The van der Waals surface area contributed by atoms with E-state index < -0.39 is 21.9 Å². The molecule has 0 aromatic carbocycles. The van der Waals surface area contributed by atoms with Gasteiger partial charge in [0, 0.05) is 0 Å². The molecule has 0 aliphatic heterocycles. The Balaban J connectivity index is 2.89. The second kappa shape index (κ2) is 5.72. The predicted octanol–water partition coefficient (Wildman–Crippen LogP) is 1.35. The van der Waals surface area contributed by atoms with E-state index in [1.54, 1.807) is 17.5 Å². The van der Waals surface area contributed by atoms with Gasteiger partial charge in [-0.2, -0.15) is 0 Å². The number of nitrogens with two attached hydrogens (primary N) is 2. The quantitative estimate of drug-likeness (QED) is 0.867. The summed E-state index contributed by atoms with van der Waals surface area (Å²) in [6.07, 6.45) is 0.502. The van der Waals surface area contributed by atoms with Crippen molar-refractivity contribution >= 4 is 27.2 Å². The van der Waals surface area contributed by atoms with Gasteiger partial charge in [-0.3, -0.25) is 4.79 Å². The van der Waals surface area contributed by atoms with Crippen LogP contribution in [0.25, 0.3) is 0 Å². The second-order valence-corrected chi connectivity index (χ2v) is 7.13. The van der Waals surface area contributed by atoms with Gasteiger partial charge < -0.3 is 5.73 Å². The lowest BCUT2D eigenvalue weighted by Crippen LogP contribution is -2.32. The molecule has 96 valence electrons. The lowest BCUT2D eigenvalue weighted by atomic mass is 10.0. The number of nitrogens with zero attached hydrogens (tertiary/aromatic N) is 1. The van der Waals surface area contributed by atoms with Gasteiger partial charge in [-0.25, -0.2) is 9.35 Å². The number of hydrogen-bond donors (Lipinski definition) is 2. The van der Waals surface area contributed by atoms with Gasteiger partial charge in [-0.05, 0) is 23.8 Å². The third-order valence-electron chi connectivity index (χ3n) is 2.05. The van der Waals surface area contributed by atoms with Crippen molar-refractivity contribution in [1.82, 2.24) is 0 Å². The predicted molar refractivity (Wildman–Crippen MR) is 69.8 cm³/mol. The van der Waals surface area contributed by atoms with E-state index in [0.717, 1.165) is 0 Å². The van der Waals surface area contributed by atoms with Crippen LogP contribution < -0.4 is 10.9 Å². The van der Waals surface area contributed by atoms with E-state index in [1.807, 2.05) is 13.8 Å². The van der Waals surface area contributed by atoms with E-state index in [1.165, 1.54) is 11.3 Å². The molecule has 1 unspecified atom stereocenters. The van der Waals surface area contributed by atoms with Gasteiger partial charge in [0.1, 0.15) is 4.21 Å². The van der Waals surface area contributed by atoms with Crippen LogP contribution >= 0.6 is 11.3 Å². The van der Waals surface area contributed by atoms with Gasteiger partial charge in [-0.15, -0.1) is 15.7 Å². The number of amides is 1. The van der Waals surface area contributed by atoms with E-state index in [9.17, 15) is 9.00 Å². The Labute approximate surface area is 106 Å². The minimum atomic E-state index is -3.13. The lowest BCUT2D eigenvalue weighted by molar-refractivity contribution is -0.119. The summed E-state index contributed by atoms with van der Waals surface area (Å²) >= 11 is 1.21. The smallest absolute Gasteiger partial charge is 0.271 e. The van der Waals surface area contributed by atoms with Crippen LogP contribution in [0.4, 0.5) is 0 Å². The summed E-state index contributed by atoms with van der Waals surface area (Å²) in [6.45, 7) is 3.90. The molecule has 1 rings (SSSR count). The summed E-state index contributed by atoms with van der Waals surface area (Å²) in [6, 6.07) is 2.57. The van der Waals surface area contributed by atoms with E-state index >= 15 is 0 Å². The number of hydrogen-bond acceptors (Lipinski definition) is 4. The van der Waals surface area contributed by atoms with Crippen LogP contribution in [0.15, 0.2) is 26.1 Å². The third kappa shape index (κ3) is 4.19. The van der Waals surface area contributed by atoms with Crippen molar-refractivity contribution in [3.63, 3.8) is 0 Å². The van der Waals surface area contributed by atoms with Crippen molar-refractivity contribution in [3.8, 4) is 0 Å². The molecule has 1 aromatic heterocycles. The first-order chi connectivity index (χ1) is 7.83. The molecule has 2 atom stereocenters. The van der Waals surface area contributed by atoms with Crippen molar-refractivity contribution in [3.05, 3.63) is 17.5 Å². The standard InChI is InChI=1S/C10H17N3O2S2/c1-7(2)6-8(11)10(14)13-17(12,15)9-4-3-5-16-9/h3-5,7-8H,6,11H2,1-2H3,(H2,12,13,14,15)/t8-,17?/m0/s1. The van der Waals surface area contributed by atoms with Crippen molar-refractivity contribution in [1.29, 1.82) is 0 Å². The minimum absolute atomic E-state index is 0.278. The van der Waals surface area contributed by atoms with Crippen LogP contribution in [-0.2, 0) is 14.7 Å². The van der Waals surface area contributed by atoms with Gasteiger partial charge in [0.15, 0.2) is 9.92 Å². The molecule has 5 nitrogen and oxygen atoms in total. The fourth-order valence-corrected chi connectivity index (χ4v) is 3.33. The molecule has 0 aliphatic rings. The summed E-state index contributed by atoms with van der Waals surface area (Å²) in [7, 11) is -3.13. The van der Waals surface area contributed by atoms with E-state index in [4.69, 9.17) is 10.9 Å². The fraction of sp³-hybridized carbons (Fsp3) is 0.500. The first-order valence-corrected chi connectivity index (χ1v) is 7.66. The molecule has 0 fully saturated rings. The SMILES string of the molecule is CC(C)C[C@H](N)C(=O)N=S(N)(=O)c1cccs1. The highest BCUT2D eigenvalue weighted by Gasteiger charge is 2.18. The van der Waals surface area contributed by atoms with E-state index in [-0.39, 0.29) is 5.92 Å². The summed E-state index contributed by atoms with van der Waals surface area (Å²) in [5.41, 5.74) is 5.66. The summed E-state index contributed by atoms with van der Waals surface area (Å²) < 4.78 is 15.9. The van der Waals surface area contributed by atoms with Crippen molar-refractivity contribution in [2.45, 2.75) is 30.5 Å². The Bertz CT molecular complexity index is 488. The maximum atomic E-state index is 12.0. The molecule has 7 heteroatoms. The molecule has 0 saturated heterocycles. The first kappa shape index (κ1) is 14.3. The Morgan fingerprint density at radius 1 is 1.59 bits per heavy atom. The van der Waals surface area contributed by atoms with Crippen LogP contribution in [0.1, 0.15) is 20.3 Å². The average molecular weight is 275 g/mol. The summed E-state index contributed by atoms with van der Waals surface area (Å²) in [5, 5.41) is 7.28. The first-order valence-electron chi connectivity index (χ1n) is 5.21. The minimum Gasteiger partial charge on any atom is -0.320 e. The van der Waals surface area contributed by atoms with Crippen LogP contribution in [0.2, 0.25) is 0 Å². The summed E-state index contributed by atoms with van der Waals surface area (Å²) in [4.78, 5) is 11.6. The Kier molecular flexibility index (Phi) is 4.81. The van der Waals surface area contributed by atoms with Crippen molar-refractivity contribution in [2.24, 2.45) is 21.2 Å². The van der Waals surface area contributed by atoms with Crippen molar-refractivity contribution in [2.75, 3.05) is 0 Å². The third-order valence-corrected chi connectivity index (χ3v) is 4.88. The Morgan fingerprint density at radius 3 is 2.71 bits per heavy atom. The summed E-state index contributed by atoms with van der Waals surface area (Å²) in [5.74, 6) is -0.320. The molecule has 1 heterocycles. The second-order valence-electron chi connectivity index (χ2n) is 4.17. The molecule has 0 aliphatic carbocycles. The zero-order chi connectivity index (χ0) is 13.1. The highest BCUT2D eigenvalue weighted by Crippen LogP contribution is 2.16. The zero-order valence-corrected chi connectivity index (χ0v) is 11.5.